The number of likely N-dealkylation sites (tertiary alicyclic amines) is 2. The third-order valence-electron chi connectivity index (χ3n) is 14.8. The Balaban J connectivity index is 0.000000600. The van der Waals surface area contributed by atoms with Gasteiger partial charge in [0.2, 0.25) is 18.0 Å². The van der Waals surface area contributed by atoms with E-state index in [0.717, 1.165) is 58.3 Å². The lowest BCUT2D eigenvalue weighted by Gasteiger charge is -2.31. The average Bonchev–Trinajstić information content (AvgIpc) is 1.68. The van der Waals surface area contributed by atoms with E-state index in [9.17, 15) is 45.5 Å². The summed E-state index contributed by atoms with van der Waals surface area (Å²) in [4.78, 5) is 89.7. The van der Waals surface area contributed by atoms with Crippen molar-refractivity contribution in [2.45, 2.75) is 122 Å². The molecule has 28 heteroatoms. The van der Waals surface area contributed by atoms with Crippen molar-refractivity contribution in [3.63, 3.8) is 0 Å². The number of aliphatic carboxylic acids is 2. The molecule has 7 heterocycles. The second-order valence-electron chi connectivity index (χ2n) is 21.9. The molecule has 1 unspecified atom stereocenters. The van der Waals surface area contributed by atoms with Crippen molar-refractivity contribution >= 4 is 46.8 Å². The number of benzene rings is 3. The van der Waals surface area contributed by atoms with Crippen LogP contribution >= 0.6 is 0 Å². The molecule has 3 aromatic heterocycles. The minimum atomic E-state index is -5.08. The minimum Gasteiger partial charge on any atom is -0.487 e. The van der Waals surface area contributed by atoms with Crippen molar-refractivity contribution in [1.29, 1.82) is 0 Å². The lowest BCUT2D eigenvalue weighted by molar-refractivity contribution is -0.193. The normalized spacial score (nSPS) is 18.3. The Morgan fingerprint density at radius 1 is 0.706 bits per heavy atom. The fourth-order valence-corrected chi connectivity index (χ4v) is 10.8. The number of hydrogen-bond acceptors (Lipinski definition) is 12. The smallest absolute Gasteiger partial charge is 0.487 e. The van der Waals surface area contributed by atoms with E-state index >= 15 is 4.39 Å². The molecule has 4 aliphatic rings. The summed E-state index contributed by atoms with van der Waals surface area (Å²) in [6.45, 7) is 12.7. The summed E-state index contributed by atoms with van der Waals surface area (Å²) >= 11 is 0. The number of ether oxygens (including phenoxy) is 4. The molecule has 6 N–H and O–H groups in total. The minimum absolute atomic E-state index is 0.160. The van der Waals surface area contributed by atoms with Gasteiger partial charge < -0.3 is 64.1 Å². The number of nitrogens with one attached hydrogen (secondary N) is 4. The van der Waals surface area contributed by atoms with Gasteiger partial charge in [0, 0.05) is 41.6 Å². The number of nitrogens with zero attached hydrogens (tertiary/aromatic N) is 5. The van der Waals surface area contributed by atoms with Crippen LogP contribution in [-0.4, -0.2) is 138 Å². The summed E-state index contributed by atoms with van der Waals surface area (Å²) < 4.78 is 105. The van der Waals surface area contributed by atoms with Crippen LogP contribution in [0.15, 0.2) is 67.0 Å². The number of imidazole rings is 2. The second kappa shape index (κ2) is 24.4. The number of aromatic amines is 2. The number of methoxy groups -OCH3 is 2. The van der Waals surface area contributed by atoms with E-state index < -0.39 is 60.6 Å². The highest BCUT2D eigenvalue weighted by Gasteiger charge is 2.42. The average molecular weight is 1200 g/mol. The molecule has 0 bridgehead atoms. The second-order valence-corrected chi connectivity index (χ2v) is 21.9. The first-order valence-corrected chi connectivity index (χ1v) is 26.9. The number of carbonyl (C=O) groups is 6. The SMILES string of the molecule is COC(=O)N[C@H](C(=O)N1CCC[C@H]1c1ncc(-c2cc(F)c3c(c2)OC(c2ccc4c(c2)OC(C)(C)C4)n2c-3cc3cc(-c4cnc([C@@H]5CCCN5C(=O)[C@@H](NC(=O)OC)C(C)C)[nH]4)ccc32)[nH]1)C(C)C.O=C(O)C(F)(F)F.O=C(O)C(F)(F)F. The van der Waals surface area contributed by atoms with Crippen molar-refractivity contribution in [3.05, 3.63) is 95.6 Å². The molecular weight excluding hydrogens is 1140 g/mol. The van der Waals surface area contributed by atoms with Gasteiger partial charge in [-0.25, -0.2) is 33.5 Å². The number of alkyl carbamates (subject to hydrolysis) is 2. The lowest BCUT2D eigenvalue weighted by Crippen LogP contribution is -2.51. The maximum atomic E-state index is 17.0. The van der Waals surface area contributed by atoms with Crippen molar-refractivity contribution in [1.82, 2.24) is 44.9 Å². The summed E-state index contributed by atoms with van der Waals surface area (Å²) in [5.74, 6) is -4.42. The third-order valence-corrected chi connectivity index (χ3v) is 14.8. The van der Waals surface area contributed by atoms with Crippen LogP contribution < -0.4 is 20.1 Å². The first-order chi connectivity index (χ1) is 39.9. The van der Waals surface area contributed by atoms with E-state index in [1.54, 1.807) is 22.2 Å². The summed E-state index contributed by atoms with van der Waals surface area (Å²) in [6, 6.07) is 15.2. The molecule has 5 atom stereocenters. The lowest BCUT2D eigenvalue weighted by atomic mass is 9.99. The van der Waals surface area contributed by atoms with E-state index in [2.05, 4.69) is 40.5 Å². The Kier molecular flexibility index (Phi) is 17.9. The van der Waals surface area contributed by atoms with Crippen LogP contribution in [0.5, 0.6) is 11.5 Å². The van der Waals surface area contributed by atoms with Gasteiger partial charge in [-0.2, -0.15) is 26.3 Å². The van der Waals surface area contributed by atoms with Crippen LogP contribution in [0.3, 0.4) is 0 Å². The van der Waals surface area contributed by atoms with Crippen molar-refractivity contribution in [2.75, 3.05) is 27.3 Å². The zero-order valence-corrected chi connectivity index (χ0v) is 47.2. The van der Waals surface area contributed by atoms with Crippen LogP contribution in [0.2, 0.25) is 0 Å². The van der Waals surface area contributed by atoms with Gasteiger partial charge in [0.25, 0.3) is 0 Å². The number of carboxylic acids is 2. The molecular formula is C57H62F7N9O12. The number of amides is 4. The Hall–Kier alpha value is -8.85. The van der Waals surface area contributed by atoms with E-state index in [4.69, 9.17) is 48.7 Å². The van der Waals surface area contributed by atoms with Crippen LogP contribution in [0, 0.1) is 17.7 Å². The quantitative estimate of drug-likeness (QED) is 0.0659. The van der Waals surface area contributed by atoms with Gasteiger partial charge in [0.05, 0.1) is 66.9 Å². The largest absolute Gasteiger partial charge is 0.490 e. The van der Waals surface area contributed by atoms with Crippen molar-refractivity contribution in [3.8, 4) is 45.3 Å². The predicted molar refractivity (Wildman–Crippen MR) is 289 cm³/mol. The molecule has 0 saturated carbocycles. The molecule has 0 radical (unpaired) electrons. The number of fused-ring (bicyclic) bond motifs is 6. The molecule has 4 aliphatic heterocycles. The number of rotatable bonds is 11. The summed E-state index contributed by atoms with van der Waals surface area (Å²) in [5.41, 5.74) is 6.00. The Bertz CT molecular complexity index is 3500. The number of H-pyrrole nitrogens is 2. The molecule has 0 spiro atoms. The zero-order valence-electron chi connectivity index (χ0n) is 47.2. The number of alkyl halides is 6. The van der Waals surface area contributed by atoms with Crippen LogP contribution in [0.25, 0.3) is 44.7 Å². The Morgan fingerprint density at radius 3 is 1.69 bits per heavy atom. The van der Waals surface area contributed by atoms with Crippen LogP contribution in [0.4, 0.5) is 40.3 Å². The first-order valence-electron chi connectivity index (χ1n) is 26.9. The number of carboxylic acid groups (broad SMARTS) is 2. The maximum Gasteiger partial charge on any atom is 0.490 e. The fraction of sp³-hybridized carbons (Fsp3) is 0.439. The van der Waals surface area contributed by atoms with Gasteiger partial charge in [-0.3, -0.25) is 9.59 Å². The molecule has 456 valence electrons. The molecule has 2 saturated heterocycles. The van der Waals surface area contributed by atoms with Crippen molar-refractivity contribution in [2.24, 2.45) is 11.8 Å². The van der Waals surface area contributed by atoms with Gasteiger partial charge in [-0.15, -0.1) is 0 Å². The molecule has 2 fully saturated rings. The molecule has 10 rings (SSSR count). The first kappa shape index (κ1) is 62.2. The van der Waals surface area contributed by atoms with Crippen LogP contribution in [-0.2, 0) is 35.1 Å². The maximum absolute atomic E-state index is 17.0. The molecule has 21 nitrogen and oxygen atoms in total. The molecule has 3 aromatic carbocycles. The van der Waals surface area contributed by atoms with Gasteiger partial charge >= 0.3 is 36.5 Å². The van der Waals surface area contributed by atoms with Crippen molar-refractivity contribution < 1.29 is 88.7 Å². The number of aromatic nitrogens is 5. The predicted octanol–water partition coefficient (Wildman–Crippen LogP) is 10.2. The van der Waals surface area contributed by atoms with E-state index in [1.165, 1.54) is 20.3 Å². The highest BCUT2D eigenvalue weighted by Crippen LogP contribution is 2.49. The molecule has 6 aromatic rings. The van der Waals surface area contributed by atoms with Gasteiger partial charge in [0.15, 0.2) is 0 Å². The summed E-state index contributed by atoms with van der Waals surface area (Å²) in [7, 11) is 2.54. The molecule has 0 aliphatic carbocycles. The number of carbonyl (C=O) groups excluding carboxylic acids is 4. The van der Waals surface area contributed by atoms with E-state index in [0.29, 0.717) is 65.8 Å². The van der Waals surface area contributed by atoms with Gasteiger partial charge in [0.1, 0.15) is 46.6 Å². The number of hydrogen-bond donors (Lipinski definition) is 6. The molecule has 4 amide bonds. The van der Waals surface area contributed by atoms with Crippen LogP contribution in [0.1, 0.15) is 108 Å². The summed E-state index contributed by atoms with van der Waals surface area (Å²) in [5, 5.41) is 20.5. The Labute approximate surface area is 481 Å². The standard InChI is InChI=1S/C53H60FN9O8.2C2HF3O2/c1-27(2)44(59-51(66)68-7)48(64)61-17-9-11-38(61)46-55-25-35(57-46)29-15-16-37-33(19-29)21-40-43-34(54)20-32(23-42(43)70-50(63(37)40)30-13-14-31-24-53(5,6)71-41(31)22-30)36-26-56-47(58-36)39-12-10-18-62(39)49(65)45(28(3)4)60-52(67)69-8;2*3-2(4,5)1(6)7/h13-16,19-23,25-28,38-39,44-45,50H,9-12,17-18,24H2,1-8H3,(H,55,57)(H,56,58)(H,59,66)(H,60,67);2*(H,6,7)/t38-,39-,44-,45-,50?;;/m0../s1. The van der Waals surface area contributed by atoms with Gasteiger partial charge in [-0.05, 0) is 93.3 Å². The highest BCUT2D eigenvalue weighted by atomic mass is 19.4. The highest BCUT2D eigenvalue weighted by molar-refractivity contribution is 5.93. The van der Waals surface area contributed by atoms with Gasteiger partial charge in [-0.1, -0.05) is 45.9 Å². The van der Waals surface area contributed by atoms with E-state index in [-0.39, 0.29) is 41.3 Å². The fourth-order valence-electron chi connectivity index (χ4n) is 10.8. The third kappa shape index (κ3) is 13.4. The molecule has 85 heavy (non-hydrogen) atoms. The Morgan fingerprint density at radius 2 is 1.21 bits per heavy atom. The zero-order chi connectivity index (χ0) is 62.2. The number of halogens is 7. The monoisotopic (exact) mass is 1200 g/mol. The summed E-state index contributed by atoms with van der Waals surface area (Å²) in [6.07, 6.45) is -5.11. The topological polar surface area (TPSA) is 273 Å². The van der Waals surface area contributed by atoms with E-state index in [1.807, 2.05) is 74.7 Å².